The minimum absolute atomic E-state index is 0.391. The molecule has 0 N–H and O–H groups in total. The smallest absolute Gasteiger partial charge is 0.226 e. The largest absolute Gasteiger partial charge is 0.341 e. The Bertz CT molecular complexity index is 324. The summed E-state index contributed by atoms with van der Waals surface area (Å²) >= 11 is 5.81. The summed E-state index contributed by atoms with van der Waals surface area (Å²) in [6.45, 7) is 4.91. The van der Waals surface area contributed by atoms with Crippen molar-refractivity contribution in [2.75, 3.05) is 38.6 Å². The molecule has 3 aliphatic rings. The number of nitrogens with zero attached hydrogens (tertiary/aromatic N) is 2. The van der Waals surface area contributed by atoms with E-state index in [1.54, 1.807) is 0 Å². The average molecular weight is 285 g/mol. The second kappa shape index (κ2) is 6.01. The van der Waals surface area contributed by atoms with Gasteiger partial charge in [0.15, 0.2) is 0 Å². The van der Waals surface area contributed by atoms with Crippen LogP contribution in [0.5, 0.6) is 0 Å². The van der Waals surface area contributed by atoms with Gasteiger partial charge in [-0.15, -0.1) is 11.6 Å². The number of carbonyl (C=O) groups excluding carboxylic acids is 1. The van der Waals surface area contributed by atoms with E-state index in [4.69, 9.17) is 11.6 Å². The van der Waals surface area contributed by atoms with E-state index in [0.29, 0.717) is 17.7 Å². The first-order valence-corrected chi connectivity index (χ1v) is 8.42. The molecule has 108 valence electrons. The Morgan fingerprint density at radius 2 is 1.74 bits per heavy atom. The Kier molecular flexibility index (Phi) is 4.33. The van der Waals surface area contributed by atoms with Gasteiger partial charge in [0.1, 0.15) is 0 Å². The third-order valence-corrected chi connectivity index (χ3v) is 5.41. The molecule has 1 aliphatic heterocycles. The van der Waals surface area contributed by atoms with E-state index < -0.39 is 0 Å². The first-order valence-electron chi connectivity index (χ1n) is 7.88. The van der Waals surface area contributed by atoms with Gasteiger partial charge in [0.25, 0.3) is 0 Å². The van der Waals surface area contributed by atoms with Gasteiger partial charge in [-0.3, -0.25) is 4.79 Å². The quantitative estimate of drug-likeness (QED) is 0.742. The second-order valence-corrected chi connectivity index (χ2v) is 6.73. The molecule has 3 fully saturated rings. The van der Waals surface area contributed by atoms with Crippen LogP contribution in [0.15, 0.2) is 0 Å². The Hall–Kier alpha value is -0.280. The fourth-order valence-corrected chi connectivity index (χ4v) is 4.34. The van der Waals surface area contributed by atoms with E-state index in [9.17, 15) is 4.79 Å². The molecule has 1 saturated heterocycles. The molecular weight excluding hydrogens is 260 g/mol. The molecule has 0 aromatic heterocycles. The van der Waals surface area contributed by atoms with Gasteiger partial charge in [-0.2, -0.15) is 0 Å². The number of fused-ring (bicyclic) bond motifs is 1. The molecule has 0 radical (unpaired) electrons. The summed E-state index contributed by atoms with van der Waals surface area (Å²) in [4.78, 5) is 17.2. The van der Waals surface area contributed by atoms with Gasteiger partial charge in [0, 0.05) is 38.0 Å². The lowest BCUT2D eigenvalue weighted by atomic mass is 10.0. The lowest BCUT2D eigenvalue weighted by molar-refractivity contribution is -0.133. The van der Waals surface area contributed by atoms with E-state index in [-0.39, 0.29) is 0 Å². The van der Waals surface area contributed by atoms with Crippen molar-refractivity contribution in [2.45, 2.75) is 32.1 Å². The summed E-state index contributed by atoms with van der Waals surface area (Å²) in [5.74, 6) is 3.03. The zero-order chi connectivity index (χ0) is 13.2. The van der Waals surface area contributed by atoms with Crippen LogP contribution in [0.1, 0.15) is 32.1 Å². The second-order valence-electron chi connectivity index (χ2n) is 6.35. The van der Waals surface area contributed by atoms with Crippen LogP contribution in [0.25, 0.3) is 0 Å². The molecule has 0 aromatic rings. The van der Waals surface area contributed by atoms with Crippen LogP contribution in [0.2, 0.25) is 0 Å². The molecule has 2 unspecified atom stereocenters. The van der Waals surface area contributed by atoms with Crippen molar-refractivity contribution in [3.8, 4) is 0 Å². The first-order chi connectivity index (χ1) is 9.31. The van der Waals surface area contributed by atoms with Crippen LogP contribution < -0.4 is 0 Å². The topological polar surface area (TPSA) is 23.6 Å². The minimum Gasteiger partial charge on any atom is -0.341 e. The SMILES string of the molecule is O=C(C1C2CCCCC21)N1CCCN(CCCl)CC1. The lowest BCUT2D eigenvalue weighted by Gasteiger charge is -2.21. The number of alkyl halides is 1. The molecule has 0 bridgehead atoms. The highest BCUT2D eigenvalue weighted by atomic mass is 35.5. The van der Waals surface area contributed by atoms with Crippen LogP contribution in [-0.4, -0.2) is 54.3 Å². The van der Waals surface area contributed by atoms with Gasteiger partial charge in [0.05, 0.1) is 0 Å². The summed E-state index contributed by atoms with van der Waals surface area (Å²) in [6.07, 6.45) is 6.38. The van der Waals surface area contributed by atoms with E-state index in [2.05, 4.69) is 9.80 Å². The fraction of sp³-hybridized carbons (Fsp3) is 0.933. The average Bonchev–Trinajstić information content (AvgIpc) is 3.18. The molecule has 0 spiro atoms. The van der Waals surface area contributed by atoms with Crippen molar-refractivity contribution in [1.82, 2.24) is 9.80 Å². The van der Waals surface area contributed by atoms with Crippen molar-refractivity contribution in [2.24, 2.45) is 17.8 Å². The number of halogens is 1. The van der Waals surface area contributed by atoms with Gasteiger partial charge < -0.3 is 9.80 Å². The summed E-state index contributed by atoms with van der Waals surface area (Å²) in [6, 6.07) is 0. The number of amides is 1. The molecule has 0 aromatic carbocycles. The van der Waals surface area contributed by atoms with E-state index in [1.165, 1.54) is 25.7 Å². The van der Waals surface area contributed by atoms with E-state index >= 15 is 0 Å². The molecule has 2 atom stereocenters. The predicted molar refractivity (Wildman–Crippen MR) is 77.3 cm³/mol. The zero-order valence-electron chi connectivity index (χ0n) is 11.7. The van der Waals surface area contributed by atoms with Crippen molar-refractivity contribution in [1.29, 1.82) is 0 Å². The van der Waals surface area contributed by atoms with Crippen LogP contribution >= 0.6 is 11.6 Å². The van der Waals surface area contributed by atoms with Crippen LogP contribution in [0, 0.1) is 17.8 Å². The van der Waals surface area contributed by atoms with Crippen molar-refractivity contribution in [3.05, 3.63) is 0 Å². The van der Waals surface area contributed by atoms with E-state index in [1.807, 2.05) is 0 Å². The standard InChI is InChI=1S/C15H25ClN2O/c16-6-9-17-7-3-8-18(11-10-17)15(19)14-12-4-1-2-5-13(12)14/h12-14H,1-11H2. The highest BCUT2D eigenvalue weighted by molar-refractivity contribution is 6.18. The van der Waals surface area contributed by atoms with Crippen LogP contribution in [0.4, 0.5) is 0 Å². The first kappa shape index (κ1) is 13.7. The van der Waals surface area contributed by atoms with Crippen LogP contribution in [-0.2, 0) is 4.79 Å². The van der Waals surface area contributed by atoms with Gasteiger partial charge >= 0.3 is 0 Å². The molecule has 4 heteroatoms. The number of hydrogen-bond acceptors (Lipinski definition) is 2. The highest BCUT2D eigenvalue weighted by Crippen LogP contribution is 2.56. The maximum absolute atomic E-state index is 12.6. The highest BCUT2D eigenvalue weighted by Gasteiger charge is 2.55. The Balaban J connectivity index is 1.53. The Morgan fingerprint density at radius 3 is 2.42 bits per heavy atom. The minimum atomic E-state index is 0.391. The number of hydrogen-bond donors (Lipinski definition) is 0. The molecule has 19 heavy (non-hydrogen) atoms. The normalized spacial score (nSPS) is 35.6. The molecular formula is C15H25ClN2O. The van der Waals surface area contributed by atoms with E-state index in [0.717, 1.165) is 51.0 Å². The molecule has 2 saturated carbocycles. The number of rotatable bonds is 3. The summed E-state index contributed by atoms with van der Waals surface area (Å²) in [7, 11) is 0. The molecule has 2 aliphatic carbocycles. The Labute approximate surface area is 121 Å². The van der Waals surface area contributed by atoms with Gasteiger partial charge in [-0.25, -0.2) is 0 Å². The van der Waals surface area contributed by atoms with Crippen molar-refractivity contribution < 1.29 is 4.79 Å². The van der Waals surface area contributed by atoms with Crippen molar-refractivity contribution in [3.63, 3.8) is 0 Å². The predicted octanol–water partition coefficient (Wildman–Crippen LogP) is 2.20. The van der Waals surface area contributed by atoms with Gasteiger partial charge in [-0.05, 0) is 37.6 Å². The van der Waals surface area contributed by atoms with Gasteiger partial charge in [0.2, 0.25) is 5.91 Å². The number of carbonyl (C=O) groups is 1. The molecule has 1 heterocycles. The maximum Gasteiger partial charge on any atom is 0.226 e. The van der Waals surface area contributed by atoms with Gasteiger partial charge in [-0.1, -0.05) is 12.8 Å². The fourth-order valence-electron chi connectivity index (χ4n) is 4.10. The third kappa shape index (κ3) is 2.92. The van der Waals surface area contributed by atoms with Crippen molar-refractivity contribution >= 4 is 17.5 Å². The maximum atomic E-state index is 12.6. The Morgan fingerprint density at radius 1 is 1.00 bits per heavy atom. The van der Waals surface area contributed by atoms with Crippen LogP contribution in [0.3, 0.4) is 0 Å². The summed E-state index contributed by atoms with van der Waals surface area (Å²) in [5, 5.41) is 0. The molecule has 3 nitrogen and oxygen atoms in total. The third-order valence-electron chi connectivity index (χ3n) is 5.24. The lowest BCUT2D eigenvalue weighted by Crippen LogP contribution is -2.37. The molecule has 1 amide bonds. The molecule has 3 rings (SSSR count). The summed E-state index contributed by atoms with van der Waals surface area (Å²) in [5.41, 5.74) is 0. The summed E-state index contributed by atoms with van der Waals surface area (Å²) < 4.78 is 0. The zero-order valence-corrected chi connectivity index (χ0v) is 12.4. The monoisotopic (exact) mass is 284 g/mol.